The van der Waals surface area contributed by atoms with E-state index in [0.717, 1.165) is 11.4 Å². The molecule has 128 valence electrons. The molecule has 0 radical (unpaired) electrons. The van der Waals surface area contributed by atoms with Crippen LogP contribution < -0.4 is 10.1 Å². The Morgan fingerprint density at radius 2 is 2.08 bits per heavy atom. The third-order valence-corrected chi connectivity index (χ3v) is 3.71. The Bertz CT molecular complexity index is 830. The molecule has 2 aromatic heterocycles. The second-order valence-electron chi connectivity index (χ2n) is 5.37. The highest BCUT2D eigenvalue weighted by Crippen LogP contribution is 2.18. The molecule has 1 aromatic carbocycles. The van der Waals surface area contributed by atoms with Crippen LogP contribution in [0, 0.1) is 0 Å². The van der Waals surface area contributed by atoms with E-state index in [1.165, 1.54) is 0 Å². The highest BCUT2D eigenvalue weighted by atomic mass is 16.5. The second kappa shape index (κ2) is 8.10. The maximum atomic E-state index is 12.4. The van der Waals surface area contributed by atoms with Crippen molar-refractivity contribution < 1.29 is 9.53 Å². The lowest BCUT2D eigenvalue weighted by atomic mass is 10.2. The molecular weight excluding hydrogens is 316 g/mol. The first kappa shape index (κ1) is 16.7. The van der Waals surface area contributed by atoms with Crippen molar-refractivity contribution in [2.24, 2.45) is 0 Å². The number of amides is 1. The topological polar surface area (TPSA) is 69.0 Å². The molecule has 0 atom stereocenters. The molecule has 0 aliphatic carbocycles. The van der Waals surface area contributed by atoms with Gasteiger partial charge in [-0.05, 0) is 31.2 Å². The standard InChI is InChI=1S/C19H20N4O2/c1-2-25-17-8-4-3-7-16(17)19(24)22-11-13-23-12-10-21-18(23)15-6-5-9-20-14-15/h3-10,12,14H,2,11,13H2,1H3,(H,22,24). The first-order valence-corrected chi connectivity index (χ1v) is 8.21. The molecule has 0 bridgehead atoms. The number of rotatable bonds is 7. The minimum Gasteiger partial charge on any atom is -0.493 e. The van der Waals surface area contributed by atoms with E-state index < -0.39 is 0 Å². The van der Waals surface area contributed by atoms with Crippen molar-refractivity contribution >= 4 is 5.91 Å². The summed E-state index contributed by atoms with van der Waals surface area (Å²) in [6.07, 6.45) is 7.14. The lowest BCUT2D eigenvalue weighted by Crippen LogP contribution is -2.27. The highest BCUT2D eigenvalue weighted by Gasteiger charge is 2.12. The van der Waals surface area contributed by atoms with E-state index in [9.17, 15) is 4.79 Å². The fourth-order valence-corrected chi connectivity index (χ4v) is 2.57. The number of imidazole rings is 1. The van der Waals surface area contributed by atoms with E-state index in [1.807, 2.05) is 42.0 Å². The SMILES string of the molecule is CCOc1ccccc1C(=O)NCCn1ccnc1-c1cccnc1. The van der Waals surface area contributed by atoms with Crippen LogP contribution in [0.4, 0.5) is 0 Å². The van der Waals surface area contributed by atoms with Crippen molar-refractivity contribution in [2.75, 3.05) is 13.2 Å². The van der Waals surface area contributed by atoms with Crippen molar-refractivity contribution in [1.82, 2.24) is 19.9 Å². The monoisotopic (exact) mass is 336 g/mol. The molecule has 6 nitrogen and oxygen atoms in total. The smallest absolute Gasteiger partial charge is 0.255 e. The van der Waals surface area contributed by atoms with Gasteiger partial charge in [0.2, 0.25) is 0 Å². The molecule has 0 unspecified atom stereocenters. The molecule has 25 heavy (non-hydrogen) atoms. The predicted molar refractivity (Wildman–Crippen MR) is 95.4 cm³/mol. The Morgan fingerprint density at radius 1 is 1.20 bits per heavy atom. The van der Waals surface area contributed by atoms with Gasteiger partial charge < -0.3 is 14.6 Å². The fourth-order valence-electron chi connectivity index (χ4n) is 2.57. The average molecular weight is 336 g/mol. The minimum atomic E-state index is -0.146. The van der Waals surface area contributed by atoms with E-state index in [4.69, 9.17) is 4.74 Å². The summed E-state index contributed by atoms with van der Waals surface area (Å²) in [5.41, 5.74) is 1.49. The fraction of sp³-hybridized carbons (Fsp3) is 0.211. The van der Waals surface area contributed by atoms with Crippen LogP contribution in [-0.2, 0) is 6.54 Å². The number of pyridine rings is 1. The molecule has 3 aromatic rings. The first-order chi connectivity index (χ1) is 12.3. The summed E-state index contributed by atoms with van der Waals surface area (Å²) in [5, 5.41) is 2.93. The molecule has 1 amide bonds. The van der Waals surface area contributed by atoms with Crippen molar-refractivity contribution in [3.05, 3.63) is 66.7 Å². The van der Waals surface area contributed by atoms with Crippen LogP contribution in [0.25, 0.3) is 11.4 Å². The lowest BCUT2D eigenvalue weighted by molar-refractivity contribution is 0.0948. The minimum absolute atomic E-state index is 0.146. The molecule has 0 aliphatic rings. The van der Waals surface area contributed by atoms with Gasteiger partial charge in [-0.25, -0.2) is 4.98 Å². The Hall–Kier alpha value is -3.15. The van der Waals surface area contributed by atoms with Gasteiger partial charge in [-0.15, -0.1) is 0 Å². The van der Waals surface area contributed by atoms with E-state index >= 15 is 0 Å². The van der Waals surface area contributed by atoms with Crippen LogP contribution in [-0.4, -0.2) is 33.6 Å². The van der Waals surface area contributed by atoms with Crippen LogP contribution in [0.5, 0.6) is 5.75 Å². The summed E-state index contributed by atoms with van der Waals surface area (Å²) in [4.78, 5) is 20.9. The normalized spacial score (nSPS) is 10.4. The number of nitrogens with zero attached hydrogens (tertiary/aromatic N) is 3. The molecule has 6 heteroatoms. The third-order valence-electron chi connectivity index (χ3n) is 3.71. The number of ether oxygens (including phenoxy) is 1. The molecule has 2 heterocycles. The van der Waals surface area contributed by atoms with E-state index in [0.29, 0.717) is 31.0 Å². The Labute approximate surface area is 146 Å². The molecule has 0 saturated carbocycles. The van der Waals surface area contributed by atoms with Gasteiger partial charge >= 0.3 is 0 Å². The summed E-state index contributed by atoms with van der Waals surface area (Å²) < 4.78 is 7.50. The van der Waals surface area contributed by atoms with E-state index in [1.54, 1.807) is 30.7 Å². The predicted octanol–water partition coefficient (Wildman–Crippen LogP) is 2.77. The molecule has 0 saturated heterocycles. The van der Waals surface area contributed by atoms with Crippen molar-refractivity contribution in [3.8, 4) is 17.1 Å². The number of nitrogens with one attached hydrogen (secondary N) is 1. The van der Waals surface area contributed by atoms with Crippen LogP contribution in [0.2, 0.25) is 0 Å². The number of aromatic nitrogens is 3. The van der Waals surface area contributed by atoms with Gasteiger partial charge in [0.25, 0.3) is 5.91 Å². The average Bonchev–Trinajstić information content (AvgIpc) is 3.11. The highest BCUT2D eigenvalue weighted by molar-refractivity contribution is 5.96. The number of hydrogen-bond donors (Lipinski definition) is 1. The maximum Gasteiger partial charge on any atom is 0.255 e. The lowest BCUT2D eigenvalue weighted by Gasteiger charge is -2.11. The van der Waals surface area contributed by atoms with E-state index in [2.05, 4.69) is 15.3 Å². The van der Waals surface area contributed by atoms with Crippen LogP contribution in [0.3, 0.4) is 0 Å². The van der Waals surface area contributed by atoms with Crippen LogP contribution >= 0.6 is 0 Å². The summed E-state index contributed by atoms with van der Waals surface area (Å²) in [5.74, 6) is 1.28. The summed E-state index contributed by atoms with van der Waals surface area (Å²) >= 11 is 0. The molecule has 0 fully saturated rings. The second-order valence-corrected chi connectivity index (χ2v) is 5.37. The molecule has 0 aliphatic heterocycles. The summed E-state index contributed by atoms with van der Waals surface area (Å²) in [6, 6.07) is 11.1. The van der Waals surface area contributed by atoms with Gasteiger partial charge in [0.15, 0.2) is 0 Å². The van der Waals surface area contributed by atoms with Gasteiger partial charge in [-0.3, -0.25) is 9.78 Å². The third kappa shape index (κ3) is 4.03. The van der Waals surface area contributed by atoms with Crippen LogP contribution in [0.1, 0.15) is 17.3 Å². The van der Waals surface area contributed by atoms with Crippen molar-refractivity contribution in [2.45, 2.75) is 13.5 Å². The largest absolute Gasteiger partial charge is 0.493 e. The number of para-hydroxylation sites is 1. The summed E-state index contributed by atoms with van der Waals surface area (Å²) in [6.45, 7) is 3.52. The van der Waals surface area contributed by atoms with Gasteiger partial charge in [0.05, 0.1) is 12.2 Å². The van der Waals surface area contributed by atoms with Crippen molar-refractivity contribution in [3.63, 3.8) is 0 Å². The Balaban J connectivity index is 1.63. The van der Waals surface area contributed by atoms with E-state index in [-0.39, 0.29) is 5.91 Å². The maximum absolute atomic E-state index is 12.4. The zero-order valence-electron chi connectivity index (χ0n) is 14.1. The van der Waals surface area contributed by atoms with Gasteiger partial charge in [0, 0.05) is 43.4 Å². The molecule has 1 N–H and O–H groups in total. The zero-order chi connectivity index (χ0) is 17.5. The Kier molecular flexibility index (Phi) is 5.41. The first-order valence-electron chi connectivity index (χ1n) is 8.21. The number of carbonyl (C=O) groups is 1. The zero-order valence-corrected chi connectivity index (χ0v) is 14.1. The molecular formula is C19H20N4O2. The van der Waals surface area contributed by atoms with Crippen molar-refractivity contribution in [1.29, 1.82) is 0 Å². The number of hydrogen-bond acceptors (Lipinski definition) is 4. The molecule has 0 spiro atoms. The van der Waals surface area contributed by atoms with Crippen LogP contribution in [0.15, 0.2) is 61.2 Å². The van der Waals surface area contributed by atoms with Gasteiger partial charge in [-0.2, -0.15) is 0 Å². The number of carbonyl (C=O) groups excluding carboxylic acids is 1. The van der Waals surface area contributed by atoms with Gasteiger partial charge in [-0.1, -0.05) is 12.1 Å². The Morgan fingerprint density at radius 3 is 2.88 bits per heavy atom. The molecule has 3 rings (SSSR count). The quantitative estimate of drug-likeness (QED) is 0.720. The van der Waals surface area contributed by atoms with Gasteiger partial charge in [0.1, 0.15) is 11.6 Å². The number of benzene rings is 1. The summed E-state index contributed by atoms with van der Waals surface area (Å²) in [7, 11) is 0.